The average molecular weight is 254 g/mol. The third-order valence-corrected chi connectivity index (χ3v) is 3.20. The highest BCUT2D eigenvalue weighted by Crippen LogP contribution is 2.29. The van der Waals surface area contributed by atoms with E-state index in [1.807, 2.05) is 0 Å². The van der Waals surface area contributed by atoms with E-state index >= 15 is 0 Å². The zero-order chi connectivity index (χ0) is 12.6. The highest BCUT2D eigenvalue weighted by atomic mass is 32.1. The number of hydrogen-bond acceptors (Lipinski definition) is 5. The van der Waals surface area contributed by atoms with Gasteiger partial charge in [0.25, 0.3) is 4.74 Å². The second kappa shape index (κ2) is 4.14. The van der Waals surface area contributed by atoms with E-state index in [0.29, 0.717) is 4.70 Å². The lowest BCUT2D eigenvalue weighted by atomic mass is 10.2. The second-order valence-electron chi connectivity index (χ2n) is 3.25. The molecule has 4 nitrogen and oxygen atoms in total. The van der Waals surface area contributed by atoms with Gasteiger partial charge in [-0.25, -0.2) is 9.18 Å². The number of aromatic hydroxyl groups is 1. The van der Waals surface area contributed by atoms with Crippen LogP contribution in [0.2, 0.25) is 0 Å². The third kappa shape index (κ3) is 1.87. The molecule has 0 unspecified atom stereocenters. The molecule has 0 radical (unpaired) electrons. The fourth-order valence-electron chi connectivity index (χ4n) is 1.44. The minimum Gasteiger partial charge on any atom is -0.506 e. The van der Waals surface area contributed by atoms with Gasteiger partial charge in [0.15, 0.2) is 5.56 Å². The number of hydrogen-bond donors (Lipinski definition) is 1. The van der Waals surface area contributed by atoms with Crippen LogP contribution in [-0.4, -0.2) is 18.2 Å². The highest BCUT2D eigenvalue weighted by Gasteiger charge is 2.20. The molecule has 2 rings (SSSR count). The summed E-state index contributed by atoms with van der Waals surface area (Å²) in [7, 11) is 1.10. The summed E-state index contributed by atoms with van der Waals surface area (Å²) in [6.45, 7) is 0. The Kier molecular flexibility index (Phi) is 2.81. The Bertz CT molecular complexity index is 662. The summed E-state index contributed by atoms with van der Waals surface area (Å²) < 4.78 is 17.2. The maximum absolute atomic E-state index is 13.0. The SMILES string of the molecule is COC(=O)c1c(O)c2cc(F)ccc2sc1=O. The van der Waals surface area contributed by atoms with Crippen molar-refractivity contribution >= 4 is 27.4 Å². The molecule has 0 amide bonds. The first-order chi connectivity index (χ1) is 8.04. The summed E-state index contributed by atoms with van der Waals surface area (Å²) >= 11 is 0.752. The predicted octanol–water partition coefficient (Wildman–Crippen LogP) is 1.89. The van der Waals surface area contributed by atoms with E-state index in [-0.39, 0.29) is 5.39 Å². The predicted molar refractivity (Wildman–Crippen MR) is 61.1 cm³/mol. The van der Waals surface area contributed by atoms with Crippen LogP contribution in [0, 0.1) is 5.82 Å². The van der Waals surface area contributed by atoms with Gasteiger partial charge in [0, 0.05) is 10.1 Å². The molecule has 0 fully saturated rings. The fourth-order valence-corrected chi connectivity index (χ4v) is 2.32. The monoisotopic (exact) mass is 254 g/mol. The molecule has 0 saturated carbocycles. The lowest BCUT2D eigenvalue weighted by molar-refractivity contribution is 0.0597. The number of benzene rings is 1. The van der Waals surface area contributed by atoms with E-state index in [0.717, 1.165) is 24.5 Å². The van der Waals surface area contributed by atoms with Crippen molar-refractivity contribution in [3.63, 3.8) is 0 Å². The molecule has 1 aromatic heterocycles. The molecule has 1 heterocycles. The molecule has 0 saturated heterocycles. The summed E-state index contributed by atoms with van der Waals surface area (Å²) in [5, 5.41) is 9.92. The quantitative estimate of drug-likeness (QED) is 0.789. The molecule has 1 N–H and O–H groups in total. The van der Waals surface area contributed by atoms with E-state index in [9.17, 15) is 19.1 Å². The van der Waals surface area contributed by atoms with Gasteiger partial charge in [-0.3, -0.25) is 4.79 Å². The molecular formula is C11H7FO4S. The Balaban J connectivity index is 2.87. The standard InChI is InChI=1S/C11H7FO4S/c1-16-10(14)8-9(13)6-4-5(12)2-3-7(6)17-11(8)15/h2-4,13H,1H3. The van der Waals surface area contributed by atoms with Crippen LogP contribution in [-0.2, 0) is 4.74 Å². The van der Waals surface area contributed by atoms with Crippen LogP contribution in [0.5, 0.6) is 5.75 Å². The third-order valence-electron chi connectivity index (χ3n) is 2.23. The Morgan fingerprint density at radius 2 is 2.18 bits per heavy atom. The van der Waals surface area contributed by atoms with Crippen LogP contribution >= 0.6 is 11.3 Å². The van der Waals surface area contributed by atoms with E-state index < -0.39 is 27.8 Å². The Labute approximate surface area is 98.9 Å². The van der Waals surface area contributed by atoms with E-state index in [4.69, 9.17) is 0 Å². The molecular weight excluding hydrogens is 247 g/mol. The molecule has 0 bridgehead atoms. The molecule has 0 atom stereocenters. The van der Waals surface area contributed by atoms with Crippen molar-refractivity contribution in [3.8, 4) is 5.75 Å². The first kappa shape index (κ1) is 11.5. The van der Waals surface area contributed by atoms with Crippen LogP contribution in [0.15, 0.2) is 23.0 Å². The second-order valence-corrected chi connectivity index (χ2v) is 4.26. The van der Waals surface area contributed by atoms with E-state index in [1.165, 1.54) is 12.1 Å². The summed E-state index contributed by atoms with van der Waals surface area (Å²) in [4.78, 5) is 22.9. The van der Waals surface area contributed by atoms with Gasteiger partial charge in [-0.1, -0.05) is 11.3 Å². The average Bonchev–Trinajstić information content (AvgIpc) is 2.30. The normalized spacial score (nSPS) is 10.5. The molecule has 88 valence electrons. The van der Waals surface area contributed by atoms with Gasteiger partial charge in [0.1, 0.15) is 11.6 Å². The van der Waals surface area contributed by atoms with Gasteiger partial charge in [-0.05, 0) is 18.2 Å². The van der Waals surface area contributed by atoms with Crippen molar-refractivity contribution in [1.29, 1.82) is 0 Å². The van der Waals surface area contributed by atoms with Gasteiger partial charge < -0.3 is 9.84 Å². The fraction of sp³-hybridized carbons (Fsp3) is 0.0909. The van der Waals surface area contributed by atoms with Gasteiger partial charge in [-0.2, -0.15) is 0 Å². The van der Waals surface area contributed by atoms with E-state index in [1.54, 1.807) is 0 Å². The number of rotatable bonds is 1. The molecule has 17 heavy (non-hydrogen) atoms. The largest absolute Gasteiger partial charge is 0.506 e. The van der Waals surface area contributed by atoms with Gasteiger partial charge >= 0.3 is 5.97 Å². The highest BCUT2D eigenvalue weighted by molar-refractivity contribution is 7.16. The molecule has 2 aromatic rings. The molecule has 0 aliphatic carbocycles. The van der Waals surface area contributed by atoms with Gasteiger partial charge in [0.2, 0.25) is 0 Å². The molecule has 0 aliphatic rings. The van der Waals surface area contributed by atoms with Crippen LogP contribution in [0.1, 0.15) is 10.4 Å². The van der Waals surface area contributed by atoms with Crippen LogP contribution in [0.4, 0.5) is 4.39 Å². The Hall–Kier alpha value is -1.95. The number of halogens is 1. The number of fused-ring (bicyclic) bond motifs is 1. The zero-order valence-electron chi connectivity index (χ0n) is 8.69. The minimum absolute atomic E-state index is 0.120. The summed E-state index contributed by atoms with van der Waals surface area (Å²) in [6.07, 6.45) is 0. The summed E-state index contributed by atoms with van der Waals surface area (Å²) in [6, 6.07) is 3.61. The molecule has 6 heteroatoms. The lowest BCUT2D eigenvalue weighted by Crippen LogP contribution is -2.13. The summed E-state index contributed by atoms with van der Waals surface area (Å²) in [5.41, 5.74) is -0.462. The maximum atomic E-state index is 13.0. The van der Waals surface area contributed by atoms with Crippen molar-refractivity contribution < 1.29 is 19.0 Å². The smallest absolute Gasteiger partial charge is 0.346 e. The number of carbonyl (C=O) groups is 1. The van der Waals surface area contributed by atoms with Crippen molar-refractivity contribution in [2.24, 2.45) is 0 Å². The Morgan fingerprint density at radius 1 is 1.47 bits per heavy atom. The number of ether oxygens (including phenoxy) is 1. The van der Waals surface area contributed by atoms with Gasteiger partial charge in [-0.15, -0.1) is 0 Å². The van der Waals surface area contributed by atoms with Crippen molar-refractivity contribution in [1.82, 2.24) is 0 Å². The first-order valence-electron chi connectivity index (χ1n) is 4.58. The van der Waals surface area contributed by atoms with Gasteiger partial charge in [0.05, 0.1) is 7.11 Å². The van der Waals surface area contributed by atoms with Crippen molar-refractivity contribution in [3.05, 3.63) is 39.1 Å². The number of carbonyl (C=O) groups excluding carboxylic acids is 1. The molecule has 1 aromatic carbocycles. The number of methoxy groups -OCH3 is 1. The number of esters is 1. The molecule has 0 aliphatic heterocycles. The minimum atomic E-state index is -0.935. The van der Waals surface area contributed by atoms with Crippen molar-refractivity contribution in [2.75, 3.05) is 7.11 Å². The molecule has 0 spiro atoms. The Morgan fingerprint density at radius 3 is 2.82 bits per heavy atom. The van der Waals surface area contributed by atoms with E-state index in [2.05, 4.69) is 4.74 Å². The summed E-state index contributed by atoms with van der Waals surface area (Å²) in [5.74, 6) is -2.04. The van der Waals surface area contributed by atoms with Crippen LogP contribution in [0.3, 0.4) is 0 Å². The topological polar surface area (TPSA) is 63.6 Å². The first-order valence-corrected chi connectivity index (χ1v) is 5.40. The lowest BCUT2D eigenvalue weighted by Gasteiger charge is -2.04. The van der Waals surface area contributed by atoms with Crippen molar-refractivity contribution in [2.45, 2.75) is 0 Å². The van der Waals surface area contributed by atoms with Crippen LogP contribution < -0.4 is 4.74 Å². The zero-order valence-corrected chi connectivity index (χ0v) is 9.51. The maximum Gasteiger partial charge on any atom is 0.346 e. The van der Waals surface area contributed by atoms with Crippen LogP contribution in [0.25, 0.3) is 10.1 Å².